The van der Waals surface area contributed by atoms with Crippen molar-refractivity contribution in [2.75, 3.05) is 26.9 Å². The number of guanidine groups is 1. The van der Waals surface area contributed by atoms with Crippen LogP contribution in [0.4, 0.5) is 0 Å². The summed E-state index contributed by atoms with van der Waals surface area (Å²) >= 11 is 0. The third-order valence-corrected chi connectivity index (χ3v) is 3.99. The molecule has 0 saturated carbocycles. The number of amides is 1. The van der Waals surface area contributed by atoms with Crippen LogP contribution in [0.25, 0.3) is 0 Å². The average Bonchev–Trinajstić information content (AvgIpc) is 2.66. The molecule has 2 atom stereocenters. The van der Waals surface area contributed by atoms with E-state index in [-0.39, 0.29) is 11.5 Å². The van der Waals surface area contributed by atoms with Gasteiger partial charge in [-0.05, 0) is 13.3 Å². The van der Waals surface area contributed by atoms with Crippen LogP contribution in [-0.2, 0) is 14.3 Å². The highest BCUT2D eigenvalue weighted by Crippen LogP contribution is 2.36. The molecule has 6 heteroatoms. The first-order chi connectivity index (χ1) is 9.03. The van der Waals surface area contributed by atoms with Crippen LogP contribution in [0.3, 0.4) is 0 Å². The van der Waals surface area contributed by atoms with E-state index in [4.69, 9.17) is 9.47 Å². The Bertz CT molecular complexity index is 385. The van der Waals surface area contributed by atoms with Gasteiger partial charge >= 0.3 is 0 Å². The number of carbonyl (C=O) groups is 1. The fourth-order valence-electron chi connectivity index (χ4n) is 2.65. The number of hydrogen-bond acceptors (Lipinski definition) is 4. The number of rotatable bonds is 4. The van der Waals surface area contributed by atoms with Gasteiger partial charge in [0.25, 0.3) is 5.91 Å². The summed E-state index contributed by atoms with van der Waals surface area (Å²) in [7, 11) is 1.63. The van der Waals surface area contributed by atoms with Gasteiger partial charge in [0.15, 0.2) is 5.96 Å². The van der Waals surface area contributed by atoms with E-state index in [9.17, 15) is 4.79 Å². The molecule has 2 unspecified atom stereocenters. The summed E-state index contributed by atoms with van der Waals surface area (Å²) in [6, 6.07) is 0. The van der Waals surface area contributed by atoms with Gasteiger partial charge in [-0.3, -0.25) is 15.1 Å². The topological polar surface area (TPSA) is 71.9 Å². The summed E-state index contributed by atoms with van der Waals surface area (Å²) in [5, 5.41) is 6.08. The van der Waals surface area contributed by atoms with Crippen LogP contribution in [0, 0.1) is 0 Å². The minimum Gasteiger partial charge on any atom is -0.383 e. The highest BCUT2D eigenvalue weighted by Gasteiger charge is 2.51. The molecule has 108 valence electrons. The Labute approximate surface area is 113 Å². The molecule has 0 bridgehead atoms. The molecule has 0 aliphatic carbocycles. The van der Waals surface area contributed by atoms with Gasteiger partial charge < -0.3 is 14.8 Å². The summed E-state index contributed by atoms with van der Waals surface area (Å²) in [5.41, 5.74) is -0.806. The van der Waals surface area contributed by atoms with Crippen molar-refractivity contribution in [3.05, 3.63) is 0 Å². The number of methoxy groups -OCH3 is 1. The lowest BCUT2D eigenvalue weighted by atomic mass is 9.79. The van der Waals surface area contributed by atoms with E-state index >= 15 is 0 Å². The predicted molar refractivity (Wildman–Crippen MR) is 72.1 cm³/mol. The van der Waals surface area contributed by atoms with E-state index in [0.29, 0.717) is 38.6 Å². The summed E-state index contributed by atoms with van der Waals surface area (Å²) in [6.45, 7) is 5.82. The van der Waals surface area contributed by atoms with E-state index in [1.165, 1.54) is 0 Å². The van der Waals surface area contributed by atoms with E-state index in [2.05, 4.69) is 29.5 Å². The molecule has 2 saturated heterocycles. The average molecular weight is 269 g/mol. The van der Waals surface area contributed by atoms with E-state index in [1.54, 1.807) is 7.11 Å². The summed E-state index contributed by atoms with van der Waals surface area (Å²) in [6.07, 6.45) is 2.24. The Hall–Kier alpha value is -1.14. The first-order valence-electron chi connectivity index (χ1n) is 6.81. The zero-order valence-corrected chi connectivity index (χ0v) is 11.9. The third-order valence-electron chi connectivity index (χ3n) is 3.99. The van der Waals surface area contributed by atoms with Crippen molar-refractivity contribution in [2.45, 2.75) is 44.2 Å². The quantitative estimate of drug-likeness (QED) is 0.726. The maximum absolute atomic E-state index is 12.3. The second kappa shape index (κ2) is 5.46. The molecule has 0 aromatic heterocycles. The minimum atomic E-state index is -0.561. The van der Waals surface area contributed by atoms with E-state index in [1.807, 2.05) is 0 Å². The Morgan fingerprint density at radius 2 is 2.32 bits per heavy atom. The molecule has 0 aromatic rings. The van der Waals surface area contributed by atoms with Crippen LogP contribution in [-0.4, -0.2) is 49.9 Å². The molecule has 2 fully saturated rings. The van der Waals surface area contributed by atoms with Gasteiger partial charge in [0.05, 0.1) is 25.4 Å². The molecule has 6 nitrogen and oxygen atoms in total. The largest absolute Gasteiger partial charge is 0.383 e. The maximum atomic E-state index is 12.3. The Morgan fingerprint density at radius 3 is 3.00 bits per heavy atom. The normalized spacial score (nSPS) is 36.6. The molecular weight excluding hydrogens is 246 g/mol. The Kier molecular flexibility index (Phi) is 4.10. The first kappa shape index (κ1) is 14.3. The Morgan fingerprint density at radius 1 is 1.53 bits per heavy atom. The van der Waals surface area contributed by atoms with Crippen LogP contribution < -0.4 is 10.6 Å². The van der Waals surface area contributed by atoms with E-state index < -0.39 is 5.54 Å². The fourth-order valence-corrected chi connectivity index (χ4v) is 2.65. The molecule has 1 amide bonds. The zero-order chi connectivity index (χ0) is 13.9. The summed E-state index contributed by atoms with van der Waals surface area (Å²) < 4.78 is 10.8. The van der Waals surface area contributed by atoms with Crippen LogP contribution in [0.1, 0.15) is 33.1 Å². The molecule has 19 heavy (non-hydrogen) atoms. The first-order valence-corrected chi connectivity index (χ1v) is 6.81. The SMILES string of the molecule is CCC1(C)CC2(CCO1)NC(=NCCOC)NC2=O. The number of hydrogen-bond donors (Lipinski definition) is 2. The van der Waals surface area contributed by atoms with Crippen LogP contribution in [0.15, 0.2) is 4.99 Å². The molecule has 0 aromatic carbocycles. The van der Waals surface area contributed by atoms with Gasteiger partial charge in [-0.2, -0.15) is 0 Å². The van der Waals surface area contributed by atoms with Gasteiger partial charge in [-0.25, -0.2) is 0 Å². The lowest BCUT2D eigenvalue weighted by Gasteiger charge is -2.42. The molecule has 2 aliphatic rings. The number of nitrogens with one attached hydrogen (secondary N) is 2. The van der Waals surface area contributed by atoms with Crippen molar-refractivity contribution < 1.29 is 14.3 Å². The molecule has 1 spiro atoms. The standard InChI is InChI=1S/C13H23N3O3/c1-4-12(2)9-13(5-7-19-12)10(17)15-11(16-13)14-6-8-18-3/h4-9H2,1-3H3,(H2,14,15,16,17). The smallest absolute Gasteiger partial charge is 0.252 e. The molecule has 2 aliphatic heterocycles. The van der Waals surface area contributed by atoms with Crippen LogP contribution in [0.5, 0.6) is 0 Å². The van der Waals surface area contributed by atoms with Crippen LogP contribution >= 0.6 is 0 Å². The third kappa shape index (κ3) is 2.90. The van der Waals surface area contributed by atoms with Crippen molar-refractivity contribution >= 4 is 11.9 Å². The number of carbonyl (C=O) groups excluding carboxylic acids is 1. The monoisotopic (exact) mass is 269 g/mol. The van der Waals surface area contributed by atoms with Crippen molar-refractivity contribution in [3.63, 3.8) is 0 Å². The molecule has 2 heterocycles. The fraction of sp³-hybridized carbons (Fsp3) is 0.846. The van der Waals surface area contributed by atoms with E-state index in [0.717, 1.165) is 6.42 Å². The second-order valence-corrected chi connectivity index (χ2v) is 5.46. The Balaban J connectivity index is 2.07. The van der Waals surface area contributed by atoms with Crippen LogP contribution in [0.2, 0.25) is 0 Å². The molecule has 2 rings (SSSR count). The zero-order valence-electron chi connectivity index (χ0n) is 11.9. The highest BCUT2D eigenvalue weighted by molar-refractivity contribution is 6.09. The lowest BCUT2D eigenvalue weighted by Crippen LogP contribution is -2.56. The summed E-state index contributed by atoms with van der Waals surface area (Å²) in [4.78, 5) is 16.6. The van der Waals surface area contributed by atoms with Crippen molar-refractivity contribution in [3.8, 4) is 0 Å². The number of nitrogens with zero attached hydrogens (tertiary/aromatic N) is 1. The van der Waals surface area contributed by atoms with Crippen molar-refractivity contribution in [1.82, 2.24) is 10.6 Å². The lowest BCUT2D eigenvalue weighted by molar-refractivity contribution is -0.138. The number of ether oxygens (including phenoxy) is 2. The van der Waals surface area contributed by atoms with Gasteiger partial charge in [-0.15, -0.1) is 0 Å². The predicted octanol–water partition coefficient (Wildman–Crippen LogP) is 0.426. The number of aliphatic imine (C=N–C) groups is 1. The molecule has 2 N–H and O–H groups in total. The van der Waals surface area contributed by atoms with Crippen molar-refractivity contribution in [2.24, 2.45) is 4.99 Å². The van der Waals surface area contributed by atoms with Gasteiger partial charge in [0.2, 0.25) is 0 Å². The van der Waals surface area contributed by atoms with Gasteiger partial charge in [0.1, 0.15) is 5.54 Å². The maximum Gasteiger partial charge on any atom is 0.252 e. The minimum absolute atomic E-state index is 0.00615. The summed E-state index contributed by atoms with van der Waals surface area (Å²) in [5.74, 6) is 0.564. The highest BCUT2D eigenvalue weighted by atomic mass is 16.5. The van der Waals surface area contributed by atoms with Gasteiger partial charge in [-0.1, -0.05) is 6.92 Å². The van der Waals surface area contributed by atoms with Gasteiger partial charge in [0, 0.05) is 20.0 Å². The molecular formula is C13H23N3O3. The van der Waals surface area contributed by atoms with Crippen molar-refractivity contribution in [1.29, 1.82) is 0 Å². The molecule has 0 radical (unpaired) electrons. The second-order valence-electron chi connectivity index (χ2n) is 5.46.